The van der Waals surface area contributed by atoms with E-state index in [1.54, 1.807) is 24.3 Å². The average Bonchev–Trinajstić information content (AvgIpc) is 2.27. The van der Waals surface area contributed by atoms with Crippen LogP contribution < -0.4 is 0 Å². The summed E-state index contributed by atoms with van der Waals surface area (Å²) in [6, 6.07) is 8.19. The van der Waals surface area contributed by atoms with Crippen molar-refractivity contribution in [3.63, 3.8) is 0 Å². The monoisotopic (exact) mass is 241 g/mol. The molecule has 16 heavy (non-hydrogen) atoms. The van der Waals surface area contributed by atoms with E-state index in [2.05, 4.69) is 4.98 Å². The molecule has 1 aromatic carbocycles. The van der Waals surface area contributed by atoms with Crippen LogP contribution in [0.2, 0.25) is 5.15 Å². The lowest BCUT2D eigenvalue weighted by molar-refractivity contribution is 0.0678. The van der Waals surface area contributed by atoms with Crippen molar-refractivity contribution in [2.45, 2.75) is 6.43 Å². The number of rotatable bonds is 2. The number of ketones is 1. The van der Waals surface area contributed by atoms with Crippen molar-refractivity contribution in [2.24, 2.45) is 0 Å². The van der Waals surface area contributed by atoms with Gasteiger partial charge in [0.2, 0.25) is 5.78 Å². The standard InChI is InChI=1S/C11H6ClF2NO/c12-10-7(9(16)11(13)14)5-6-3-1-2-4-8(6)15-10/h1-5,11H. The van der Waals surface area contributed by atoms with E-state index in [4.69, 9.17) is 11.6 Å². The van der Waals surface area contributed by atoms with Crippen molar-refractivity contribution in [2.75, 3.05) is 0 Å². The lowest BCUT2D eigenvalue weighted by Gasteiger charge is -2.04. The Morgan fingerprint density at radius 2 is 2.00 bits per heavy atom. The number of hydrogen-bond donors (Lipinski definition) is 0. The molecule has 0 fully saturated rings. The van der Waals surface area contributed by atoms with E-state index in [-0.39, 0.29) is 10.7 Å². The zero-order chi connectivity index (χ0) is 11.7. The number of hydrogen-bond acceptors (Lipinski definition) is 2. The molecule has 5 heteroatoms. The Bertz CT molecular complexity index is 557. The molecule has 0 bridgehead atoms. The Morgan fingerprint density at radius 1 is 1.31 bits per heavy atom. The molecule has 0 atom stereocenters. The lowest BCUT2D eigenvalue weighted by Crippen LogP contribution is -2.11. The molecule has 0 saturated heterocycles. The van der Waals surface area contributed by atoms with Crippen molar-refractivity contribution < 1.29 is 13.6 Å². The highest BCUT2D eigenvalue weighted by Gasteiger charge is 2.21. The van der Waals surface area contributed by atoms with E-state index in [0.29, 0.717) is 10.9 Å². The van der Waals surface area contributed by atoms with Gasteiger partial charge in [0.05, 0.1) is 11.1 Å². The van der Waals surface area contributed by atoms with Crippen LogP contribution in [0.3, 0.4) is 0 Å². The highest BCUT2D eigenvalue weighted by atomic mass is 35.5. The van der Waals surface area contributed by atoms with Crippen molar-refractivity contribution in [3.05, 3.63) is 41.0 Å². The maximum Gasteiger partial charge on any atom is 0.300 e. The summed E-state index contributed by atoms with van der Waals surface area (Å²) < 4.78 is 24.5. The maximum atomic E-state index is 12.3. The Balaban J connectivity index is 2.63. The minimum absolute atomic E-state index is 0.191. The molecule has 0 aliphatic heterocycles. The van der Waals surface area contributed by atoms with E-state index in [0.717, 1.165) is 0 Å². The molecular weight excluding hydrogens is 236 g/mol. The summed E-state index contributed by atoms with van der Waals surface area (Å²) in [5.74, 6) is -1.30. The molecule has 0 amide bonds. The normalized spacial score (nSPS) is 11.0. The van der Waals surface area contributed by atoms with Crippen LogP contribution in [0.15, 0.2) is 30.3 Å². The summed E-state index contributed by atoms with van der Waals surface area (Å²) in [5, 5.41) is 0.417. The Labute approximate surface area is 94.9 Å². The second-order valence-electron chi connectivity index (χ2n) is 3.18. The Hall–Kier alpha value is -1.55. The van der Waals surface area contributed by atoms with Crippen molar-refractivity contribution in [1.82, 2.24) is 4.98 Å². The molecule has 0 aliphatic rings. The highest BCUT2D eigenvalue weighted by Crippen LogP contribution is 2.22. The van der Waals surface area contributed by atoms with Gasteiger partial charge in [0, 0.05) is 5.39 Å². The van der Waals surface area contributed by atoms with Crippen molar-refractivity contribution in [1.29, 1.82) is 0 Å². The third kappa shape index (κ3) is 1.88. The van der Waals surface area contributed by atoms with Gasteiger partial charge in [-0.25, -0.2) is 13.8 Å². The molecule has 0 unspecified atom stereocenters. The number of alkyl halides is 2. The molecule has 0 spiro atoms. The molecule has 2 aromatic rings. The molecule has 0 aliphatic carbocycles. The van der Waals surface area contributed by atoms with Crippen molar-refractivity contribution >= 4 is 28.3 Å². The van der Waals surface area contributed by atoms with E-state index >= 15 is 0 Å². The Kier molecular flexibility index (Phi) is 2.83. The average molecular weight is 242 g/mol. The number of benzene rings is 1. The molecule has 2 nitrogen and oxygen atoms in total. The fourth-order valence-electron chi connectivity index (χ4n) is 1.38. The van der Waals surface area contributed by atoms with Gasteiger partial charge in [-0.2, -0.15) is 0 Å². The van der Waals surface area contributed by atoms with E-state index in [1.807, 2.05) is 0 Å². The highest BCUT2D eigenvalue weighted by molar-refractivity contribution is 6.33. The summed E-state index contributed by atoms with van der Waals surface area (Å²) in [5.41, 5.74) is 0.327. The summed E-state index contributed by atoms with van der Waals surface area (Å²) in [6.07, 6.45) is -3.07. The number of nitrogens with zero attached hydrogens (tertiary/aromatic N) is 1. The van der Waals surface area contributed by atoms with Crippen LogP contribution in [-0.2, 0) is 0 Å². The first-order valence-corrected chi connectivity index (χ1v) is 4.85. The lowest BCUT2D eigenvalue weighted by atomic mass is 10.1. The quantitative estimate of drug-likeness (QED) is 0.596. The van der Waals surface area contributed by atoms with Crippen LogP contribution in [0.4, 0.5) is 8.78 Å². The first kappa shape index (κ1) is 11.0. The van der Waals surface area contributed by atoms with Crippen LogP contribution in [0.25, 0.3) is 10.9 Å². The first-order chi connectivity index (χ1) is 7.59. The molecule has 1 aromatic heterocycles. The molecular formula is C11H6ClF2NO. The van der Waals surface area contributed by atoms with Gasteiger partial charge in [0.25, 0.3) is 0 Å². The van der Waals surface area contributed by atoms with Gasteiger partial charge in [0.1, 0.15) is 5.15 Å². The molecule has 1 heterocycles. The zero-order valence-corrected chi connectivity index (χ0v) is 8.71. The van der Waals surface area contributed by atoms with Crippen LogP contribution in [0.1, 0.15) is 10.4 Å². The molecule has 0 radical (unpaired) electrons. The van der Waals surface area contributed by atoms with Gasteiger partial charge in [-0.15, -0.1) is 0 Å². The number of para-hydroxylation sites is 1. The first-order valence-electron chi connectivity index (χ1n) is 4.47. The number of pyridine rings is 1. The number of carbonyl (C=O) groups is 1. The summed E-state index contributed by atoms with van der Waals surface area (Å²) in [7, 11) is 0. The SMILES string of the molecule is O=C(c1cc2ccccc2nc1Cl)C(F)F. The summed E-state index contributed by atoms with van der Waals surface area (Å²) >= 11 is 5.68. The van der Waals surface area contributed by atoms with E-state index < -0.39 is 12.2 Å². The number of carbonyl (C=O) groups excluding carboxylic acids is 1. The second-order valence-corrected chi connectivity index (χ2v) is 3.54. The van der Waals surface area contributed by atoms with Gasteiger partial charge in [0.15, 0.2) is 0 Å². The minimum Gasteiger partial charge on any atom is -0.288 e. The predicted octanol–water partition coefficient (Wildman–Crippen LogP) is 3.34. The Morgan fingerprint density at radius 3 is 2.69 bits per heavy atom. The fraction of sp³-hybridized carbons (Fsp3) is 0.0909. The second kappa shape index (κ2) is 4.14. The third-order valence-corrected chi connectivity index (χ3v) is 2.43. The summed E-state index contributed by atoms with van der Waals surface area (Å²) in [6.45, 7) is 0. The van der Waals surface area contributed by atoms with Gasteiger partial charge < -0.3 is 0 Å². The van der Waals surface area contributed by atoms with Gasteiger partial charge >= 0.3 is 6.43 Å². The minimum atomic E-state index is -3.07. The molecule has 0 N–H and O–H groups in total. The number of fused-ring (bicyclic) bond motifs is 1. The molecule has 0 saturated carbocycles. The van der Waals surface area contributed by atoms with Gasteiger partial charge in [-0.05, 0) is 12.1 Å². The topological polar surface area (TPSA) is 30.0 Å². The third-order valence-electron chi connectivity index (χ3n) is 2.14. The largest absolute Gasteiger partial charge is 0.300 e. The fourth-order valence-corrected chi connectivity index (χ4v) is 1.62. The summed E-state index contributed by atoms with van der Waals surface area (Å²) in [4.78, 5) is 15.0. The molecule has 2 rings (SSSR count). The maximum absolute atomic E-state index is 12.3. The number of Topliss-reactive ketones (excluding diaryl/α,β-unsaturated/α-hetero) is 1. The number of halogens is 3. The van der Waals surface area contributed by atoms with Crippen LogP contribution in [-0.4, -0.2) is 17.2 Å². The number of aromatic nitrogens is 1. The van der Waals surface area contributed by atoms with Crippen molar-refractivity contribution in [3.8, 4) is 0 Å². The van der Waals surface area contributed by atoms with Crippen LogP contribution in [0.5, 0.6) is 0 Å². The van der Waals surface area contributed by atoms with E-state index in [9.17, 15) is 13.6 Å². The van der Waals surface area contributed by atoms with Crippen LogP contribution >= 0.6 is 11.6 Å². The van der Waals surface area contributed by atoms with E-state index in [1.165, 1.54) is 6.07 Å². The van der Waals surface area contributed by atoms with Gasteiger partial charge in [-0.3, -0.25) is 4.79 Å². The van der Waals surface area contributed by atoms with Crippen LogP contribution in [0, 0.1) is 0 Å². The smallest absolute Gasteiger partial charge is 0.288 e. The predicted molar refractivity (Wildman–Crippen MR) is 57.1 cm³/mol. The molecule has 82 valence electrons. The zero-order valence-electron chi connectivity index (χ0n) is 7.95. The van der Waals surface area contributed by atoms with Gasteiger partial charge in [-0.1, -0.05) is 29.8 Å².